The molecular weight excluding hydrogens is 428 g/mol. The molecule has 2 aromatic rings. The van der Waals surface area contributed by atoms with Gasteiger partial charge in [-0.2, -0.15) is 0 Å². The zero-order chi connectivity index (χ0) is 22.9. The maximum Gasteiger partial charge on any atom is 0.324 e. The van der Waals surface area contributed by atoms with Crippen molar-refractivity contribution < 1.29 is 23.8 Å². The molecule has 2 saturated heterocycles. The van der Waals surface area contributed by atoms with E-state index in [1.54, 1.807) is 0 Å². The molecule has 2 aliphatic rings. The number of hydrogen-bond donors (Lipinski definition) is 1. The maximum atomic E-state index is 12.9. The van der Waals surface area contributed by atoms with Crippen LogP contribution in [0.4, 0.5) is 10.8 Å². The van der Waals surface area contributed by atoms with Gasteiger partial charge in [-0.25, -0.2) is 4.98 Å². The van der Waals surface area contributed by atoms with E-state index in [0.29, 0.717) is 30.0 Å². The fourth-order valence-electron chi connectivity index (χ4n) is 4.25. The van der Waals surface area contributed by atoms with Gasteiger partial charge in [0.2, 0.25) is 0 Å². The van der Waals surface area contributed by atoms with E-state index < -0.39 is 29.1 Å². The molecule has 0 aliphatic carbocycles. The Morgan fingerprint density at radius 1 is 1.28 bits per heavy atom. The van der Waals surface area contributed by atoms with Gasteiger partial charge in [0.05, 0.1) is 12.3 Å². The van der Waals surface area contributed by atoms with Gasteiger partial charge in [0.1, 0.15) is 6.10 Å². The minimum absolute atomic E-state index is 0.216. The third kappa shape index (κ3) is 4.38. The minimum atomic E-state index is -1.28. The summed E-state index contributed by atoms with van der Waals surface area (Å²) in [6.07, 6.45) is 1.00. The van der Waals surface area contributed by atoms with E-state index in [1.165, 1.54) is 11.3 Å². The minimum Gasteiger partial charge on any atom is -0.459 e. The summed E-state index contributed by atoms with van der Waals surface area (Å²) in [5.74, 6) is -0.505. The quantitative estimate of drug-likeness (QED) is 0.348. The van der Waals surface area contributed by atoms with E-state index in [2.05, 4.69) is 24.1 Å². The largest absolute Gasteiger partial charge is 0.459 e. The molecule has 172 valence electrons. The molecule has 8 heteroatoms. The van der Waals surface area contributed by atoms with Gasteiger partial charge in [0, 0.05) is 30.5 Å². The highest BCUT2D eigenvalue weighted by molar-refractivity contribution is 7.13. The predicted octanol–water partition coefficient (Wildman–Crippen LogP) is 4.72. The average Bonchev–Trinajstić information content (AvgIpc) is 3.39. The Bertz CT molecular complexity index is 1010. The predicted molar refractivity (Wildman–Crippen MR) is 122 cm³/mol. The molecule has 0 bridgehead atoms. The number of hydrogen-bond acceptors (Lipinski definition) is 8. The summed E-state index contributed by atoms with van der Waals surface area (Å²) >= 11 is 1.44. The number of nitrogens with one attached hydrogen (secondary N) is 1. The molecule has 3 atom stereocenters. The Kier molecular flexibility index (Phi) is 6.27. The SMILES string of the molecule is Cc1ccccc1Nc1nc([C@@]2(C)C[C@]3(C[C@H](COCCC(C)C)OC3=O)C(=O)O2)cs1. The number of thiazole rings is 1. The number of para-hydroxylation sites is 1. The molecule has 4 rings (SSSR count). The van der Waals surface area contributed by atoms with Gasteiger partial charge < -0.3 is 19.5 Å². The monoisotopic (exact) mass is 458 g/mol. The lowest BCUT2D eigenvalue weighted by atomic mass is 9.78. The summed E-state index contributed by atoms with van der Waals surface area (Å²) in [5.41, 5.74) is 0.447. The van der Waals surface area contributed by atoms with Crippen molar-refractivity contribution in [3.63, 3.8) is 0 Å². The normalized spacial score (nSPS) is 27.2. The number of nitrogens with zero attached hydrogens (tertiary/aromatic N) is 1. The molecule has 2 fully saturated rings. The molecular formula is C24H30N2O5S. The average molecular weight is 459 g/mol. The molecule has 1 spiro atoms. The van der Waals surface area contributed by atoms with Gasteiger partial charge in [0.15, 0.2) is 16.1 Å². The fourth-order valence-corrected chi connectivity index (χ4v) is 5.09. The number of ether oxygens (including phenoxy) is 3. The number of benzene rings is 1. The van der Waals surface area contributed by atoms with Crippen LogP contribution in [0.2, 0.25) is 0 Å². The lowest BCUT2D eigenvalue weighted by Crippen LogP contribution is -2.32. The van der Waals surface area contributed by atoms with Crippen LogP contribution in [-0.4, -0.2) is 36.2 Å². The number of aromatic nitrogens is 1. The van der Waals surface area contributed by atoms with Crippen LogP contribution in [-0.2, 0) is 29.4 Å². The van der Waals surface area contributed by atoms with Crippen LogP contribution >= 0.6 is 11.3 Å². The first-order valence-electron chi connectivity index (χ1n) is 11.0. The zero-order valence-corrected chi connectivity index (χ0v) is 19.8. The van der Waals surface area contributed by atoms with E-state index in [1.807, 2.05) is 43.5 Å². The van der Waals surface area contributed by atoms with Crippen molar-refractivity contribution in [1.82, 2.24) is 4.98 Å². The molecule has 0 saturated carbocycles. The Morgan fingerprint density at radius 2 is 2.06 bits per heavy atom. The lowest BCUT2D eigenvalue weighted by Gasteiger charge is -2.20. The number of esters is 2. The van der Waals surface area contributed by atoms with Crippen molar-refractivity contribution in [2.75, 3.05) is 18.5 Å². The Hall–Kier alpha value is -2.45. The Morgan fingerprint density at radius 3 is 2.81 bits per heavy atom. The van der Waals surface area contributed by atoms with Crippen molar-refractivity contribution in [3.8, 4) is 0 Å². The van der Waals surface area contributed by atoms with Crippen LogP contribution in [0.3, 0.4) is 0 Å². The van der Waals surface area contributed by atoms with Crippen LogP contribution in [0.15, 0.2) is 29.6 Å². The van der Waals surface area contributed by atoms with Crippen molar-refractivity contribution in [1.29, 1.82) is 0 Å². The molecule has 0 unspecified atom stereocenters. The smallest absolute Gasteiger partial charge is 0.324 e. The summed E-state index contributed by atoms with van der Waals surface area (Å²) in [6, 6.07) is 7.95. The second kappa shape index (κ2) is 8.83. The third-order valence-corrected chi connectivity index (χ3v) is 6.92. The first kappa shape index (κ1) is 22.7. The molecule has 1 N–H and O–H groups in total. The molecule has 1 aromatic carbocycles. The summed E-state index contributed by atoms with van der Waals surface area (Å²) in [4.78, 5) is 30.3. The molecule has 3 heterocycles. The van der Waals surface area contributed by atoms with Gasteiger partial charge in [0.25, 0.3) is 0 Å². The molecule has 32 heavy (non-hydrogen) atoms. The lowest BCUT2D eigenvalue weighted by molar-refractivity contribution is -0.160. The highest BCUT2D eigenvalue weighted by Crippen LogP contribution is 2.52. The van der Waals surface area contributed by atoms with Gasteiger partial charge in [-0.05, 0) is 37.8 Å². The van der Waals surface area contributed by atoms with Gasteiger partial charge in [-0.1, -0.05) is 32.0 Å². The first-order valence-corrected chi connectivity index (χ1v) is 11.9. The van der Waals surface area contributed by atoms with Crippen LogP contribution < -0.4 is 5.32 Å². The van der Waals surface area contributed by atoms with Crippen LogP contribution in [0.25, 0.3) is 0 Å². The second-order valence-corrected chi connectivity index (χ2v) is 10.2. The number of cyclic esters (lactones) is 2. The van der Waals surface area contributed by atoms with E-state index in [9.17, 15) is 9.59 Å². The topological polar surface area (TPSA) is 86.8 Å². The highest BCUT2D eigenvalue weighted by Gasteiger charge is 2.65. The summed E-state index contributed by atoms with van der Waals surface area (Å²) in [5, 5.41) is 5.90. The molecule has 0 amide bonds. The summed E-state index contributed by atoms with van der Waals surface area (Å²) in [6.45, 7) is 9.00. The van der Waals surface area contributed by atoms with Crippen molar-refractivity contribution >= 4 is 34.1 Å². The number of rotatable bonds is 8. The van der Waals surface area contributed by atoms with Crippen LogP contribution in [0.1, 0.15) is 51.3 Å². The second-order valence-electron chi connectivity index (χ2n) is 9.35. The van der Waals surface area contributed by atoms with Gasteiger partial charge >= 0.3 is 11.9 Å². The van der Waals surface area contributed by atoms with Gasteiger partial charge in [-0.3, -0.25) is 9.59 Å². The van der Waals surface area contributed by atoms with Crippen molar-refractivity contribution in [2.45, 2.75) is 58.7 Å². The van der Waals surface area contributed by atoms with E-state index in [-0.39, 0.29) is 12.8 Å². The van der Waals surface area contributed by atoms with Crippen LogP contribution in [0.5, 0.6) is 0 Å². The zero-order valence-electron chi connectivity index (χ0n) is 19.0. The highest BCUT2D eigenvalue weighted by atomic mass is 32.1. The Balaban J connectivity index is 1.44. The summed E-state index contributed by atoms with van der Waals surface area (Å²) in [7, 11) is 0. The van der Waals surface area contributed by atoms with Crippen molar-refractivity contribution in [2.24, 2.45) is 11.3 Å². The first-order chi connectivity index (χ1) is 15.2. The van der Waals surface area contributed by atoms with E-state index >= 15 is 0 Å². The summed E-state index contributed by atoms with van der Waals surface area (Å²) < 4.78 is 17.0. The molecule has 7 nitrogen and oxygen atoms in total. The van der Waals surface area contributed by atoms with E-state index in [4.69, 9.17) is 14.2 Å². The maximum absolute atomic E-state index is 12.9. The number of anilines is 2. The van der Waals surface area contributed by atoms with E-state index in [0.717, 1.165) is 17.7 Å². The molecule has 0 radical (unpaired) electrons. The number of carbonyl (C=O) groups is 2. The van der Waals surface area contributed by atoms with Crippen molar-refractivity contribution in [3.05, 3.63) is 40.9 Å². The fraction of sp³-hybridized carbons (Fsp3) is 0.542. The number of carbonyl (C=O) groups excluding carboxylic acids is 2. The van der Waals surface area contributed by atoms with Gasteiger partial charge in [-0.15, -0.1) is 11.3 Å². The third-order valence-electron chi connectivity index (χ3n) is 6.16. The molecule has 2 aliphatic heterocycles. The Labute approximate surface area is 192 Å². The standard InChI is InChI=1S/C24H30N2O5S/c1-15(2)9-10-29-12-17-11-24(20(27)30-17)14-23(4,31-21(24)28)19-13-32-22(26-19)25-18-8-6-5-7-16(18)3/h5-8,13,15,17H,9-12,14H2,1-4H3,(H,25,26)/t17-,23-,24+/m1/s1. The number of aryl methyl sites for hydroxylation is 1. The molecule has 1 aromatic heterocycles. The van der Waals surface area contributed by atoms with Crippen LogP contribution in [0, 0.1) is 18.3 Å².